The summed E-state index contributed by atoms with van der Waals surface area (Å²) >= 11 is 7.24. The van der Waals surface area contributed by atoms with Gasteiger partial charge in [0.2, 0.25) is 0 Å². The van der Waals surface area contributed by atoms with Gasteiger partial charge < -0.3 is 15.4 Å². The van der Waals surface area contributed by atoms with Gasteiger partial charge in [-0.2, -0.15) is 5.10 Å². The fraction of sp³-hybridized carbons (Fsp3) is 0.217. The van der Waals surface area contributed by atoms with Gasteiger partial charge in [0.25, 0.3) is 0 Å². The number of halogens is 3. The van der Waals surface area contributed by atoms with Crippen molar-refractivity contribution in [3.8, 4) is 5.69 Å². The zero-order chi connectivity index (χ0) is 23.3. The van der Waals surface area contributed by atoms with Crippen molar-refractivity contribution in [1.29, 1.82) is 0 Å². The molecule has 0 radical (unpaired) electrons. The maximum atomic E-state index is 15.4. The molecule has 0 bridgehead atoms. The second kappa shape index (κ2) is 8.48. The molecule has 1 fully saturated rings. The number of carboxylic acids is 1. The Labute approximate surface area is 196 Å². The summed E-state index contributed by atoms with van der Waals surface area (Å²) < 4.78 is 33.9. The number of rotatable bonds is 7. The highest BCUT2D eigenvalue weighted by Gasteiger charge is 2.34. The molecule has 10 heteroatoms. The first-order valence-corrected chi connectivity index (χ1v) is 11.5. The van der Waals surface area contributed by atoms with E-state index in [1.165, 1.54) is 24.3 Å². The molecular formula is C23H19ClF2N4O2S. The molecule has 1 saturated carbocycles. The van der Waals surface area contributed by atoms with Crippen LogP contribution in [0.2, 0.25) is 5.02 Å². The monoisotopic (exact) mass is 488 g/mol. The smallest absolute Gasteiger partial charge is 0.338 e. The SMILES string of the molecule is NCCn1cc(-n2c(C3CC3)c(Sc3cccc(C(=O)O)c3F)c3ccc(Cl)c(F)c32)cn1. The summed E-state index contributed by atoms with van der Waals surface area (Å²) in [5.74, 6) is -2.58. The molecule has 6 nitrogen and oxygen atoms in total. The van der Waals surface area contributed by atoms with E-state index in [0.717, 1.165) is 30.3 Å². The van der Waals surface area contributed by atoms with E-state index in [2.05, 4.69) is 5.10 Å². The molecular weight excluding hydrogens is 470 g/mol. The summed E-state index contributed by atoms with van der Waals surface area (Å²) in [6.07, 6.45) is 5.25. The van der Waals surface area contributed by atoms with Gasteiger partial charge in [-0.15, -0.1) is 0 Å². The summed E-state index contributed by atoms with van der Waals surface area (Å²) in [5, 5.41) is 14.2. The highest BCUT2D eigenvalue weighted by atomic mass is 35.5. The highest BCUT2D eigenvalue weighted by Crippen LogP contribution is 2.51. The first kappa shape index (κ1) is 21.9. The molecule has 0 spiro atoms. The Hall–Kier alpha value is -2.88. The van der Waals surface area contributed by atoms with Gasteiger partial charge in [0.1, 0.15) is 0 Å². The molecule has 0 unspecified atom stereocenters. The predicted molar refractivity (Wildman–Crippen MR) is 123 cm³/mol. The van der Waals surface area contributed by atoms with Crippen LogP contribution in [-0.2, 0) is 6.54 Å². The lowest BCUT2D eigenvalue weighted by Gasteiger charge is -2.11. The average Bonchev–Trinajstić information content (AvgIpc) is 3.43. The molecule has 4 aromatic rings. The Morgan fingerprint density at radius 3 is 2.73 bits per heavy atom. The normalized spacial score (nSPS) is 13.7. The number of hydrogen-bond acceptors (Lipinski definition) is 4. The number of nitrogens with zero attached hydrogens (tertiary/aromatic N) is 3. The molecule has 33 heavy (non-hydrogen) atoms. The van der Waals surface area contributed by atoms with Crippen molar-refractivity contribution in [2.24, 2.45) is 5.73 Å². The number of carboxylic acid groups (broad SMARTS) is 1. The molecule has 2 aromatic carbocycles. The fourth-order valence-electron chi connectivity index (χ4n) is 3.99. The third kappa shape index (κ3) is 3.80. The quantitative estimate of drug-likeness (QED) is 0.361. The van der Waals surface area contributed by atoms with Crippen LogP contribution >= 0.6 is 23.4 Å². The van der Waals surface area contributed by atoms with Gasteiger partial charge in [-0.25, -0.2) is 13.6 Å². The maximum absolute atomic E-state index is 15.4. The number of aromatic nitrogens is 3. The van der Waals surface area contributed by atoms with Gasteiger partial charge in [0.05, 0.1) is 34.5 Å². The van der Waals surface area contributed by atoms with Crippen LogP contribution in [-0.4, -0.2) is 32.0 Å². The summed E-state index contributed by atoms with van der Waals surface area (Å²) in [5.41, 5.74) is 7.01. The zero-order valence-electron chi connectivity index (χ0n) is 17.3. The lowest BCUT2D eigenvalue weighted by molar-refractivity contribution is 0.0691. The first-order chi connectivity index (χ1) is 15.9. The second-order valence-corrected chi connectivity index (χ2v) is 9.32. The Kier molecular flexibility index (Phi) is 5.64. The molecule has 2 heterocycles. The standard InChI is InChI=1S/C23H19ClF2N4O2S/c24-16-7-6-15-21(19(16)26)30(13-10-28-29(11-13)9-8-27)20(12-4-5-12)22(15)33-17-3-1-2-14(18(17)25)23(31)32/h1-3,6-7,10-12H,4-5,8-9,27H2,(H,31,32). The van der Waals surface area contributed by atoms with Gasteiger partial charge in [-0.1, -0.05) is 29.4 Å². The van der Waals surface area contributed by atoms with Crippen LogP contribution in [0.4, 0.5) is 8.78 Å². The van der Waals surface area contributed by atoms with Crippen LogP contribution in [0.15, 0.2) is 52.5 Å². The van der Waals surface area contributed by atoms with Crippen molar-refractivity contribution in [3.05, 3.63) is 70.6 Å². The van der Waals surface area contributed by atoms with Crippen molar-refractivity contribution < 1.29 is 18.7 Å². The van der Waals surface area contributed by atoms with E-state index in [1.807, 2.05) is 0 Å². The third-order valence-corrected chi connectivity index (χ3v) is 7.08. The molecule has 170 valence electrons. The Bertz CT molecular complexity index is 1400. The van der Waals surface area contributed by atoms with Crippen molar-refractivity contribution >= 4 is 40.2 Å². The fourth-order valence-corrected chi connectivity index (χ4v) is 5.35. The molecule has 0 aliphatic heterocycles. The van der Waals surface area contributed by atoms with Crippen molar-refractivity contribution in [2.45, 2.75) is 35.1 Å². The topological polar surface area (TPSA) is 86.1 Å². The molecule has 3 N–H and O–H groups in total. The van der Waals surface area contributed by atoms with E-state index in [-0.39, 0.29) is 21.4 Å². The van der Waals surface area contributed by atoms with Gasteiger partial charge in [0, 0.05) is 39.5 Å². The summed E-state index contributed by atoms with van der Waals surface area (Å²) in [6, 6.07) is 7.44. The summed E-state index contributed by atoms with van der Waals surface area (Å²) in [4.78, 5) is 12.2. The average molecular weight is 489 g/mol. The van der Waals surface area contributed by atoms with Crippen LogP contribution in [0.1, 0.15) is 34.8 Å². The van der Waals surface area contributed by atoms with Crippen molar-refractivity contribution in [2.75, 3.05) is 6.54 Å². The minimum Gasteiger partial charge on any atom is -0.478 e. The van der Waals surface area contributed by atoms with Crippen LogP contribution < -0.4 is 5.73 Å². The molecule has 2 aromatic heterocycles. The van der Waals surface area contributed by atoms with E-state index < -0.39 is 23.2 Å². The van der Waals surface area contributed by atoms with E-state index in [1.54, 1.807) is 27.7 Å². The Morgan fingerprint density at radius 2 is 2.03 bits per heavy atom. The van der Waals surface area contributed by atoms with Gasteiger partial charge in [0.15, 0.2) is 11.6 Å². The lowest BCUT2D eigenvalue weighted by atomic mass is 10.2. The highest BCUT2D eigenvalue weighted by molar-refractivity contribution is 7.99. The number of nitrogens with two attached hydrogens (primary N) is 1. The van der Waals surface area contributed by atoms with Crippen molar-refractivity contribution in [3.63, 3.8) is 0 Å². The van der Waals surface area contributed by atoms with Crippen molar-refractivity contribution in [1.82, 2.24) is 14.3 Å². The van der Waals surface area contributed by atoms with Crippen LogP contribution in [0.25, 0.3) is 16.6 Å². The summed E-state index contributed by atoms with van der Waals surface area (Å²) in [7, 11) is 0. The predicted octanol–water partition coefficient (Wildman–Crippen LogP) is 5.44. The Balaban J connectivity index is 1.76. The number of benzene rings is 2. The molecule has 0 saturated heterocycles. The van der Waals surface area contributed by atoms with E-state index in [0.29, 0.717) is 29.1 Å². The minimum absolute atomic E-state index is 0.0199. The van der Waals surface area contributed by atoms with E-state index >= 15 is 4.39 Å². The van der Waals surface area contributed by atoms with Gasteiger partial charge in [-0.05, 0) is 37.1 Å². The van der Waals surface area contributed by atoms with Gasteiger partial charge >= 0.3 is 5.97 Å². The number of aromatic carboxylic acids is 1. The van der Waals surface area contributed by atoms with Crippen LogP contribution in [0.5, 0.6) is 0 Å². The number of hydrogen-bond donors (Lipinski definition) is 2. The number of fused-ring (bicyclic) bond motifs is 1. The van der Waals surface area contributed by atoms with E-state index in [9.17, 15) is 14.3 Å². The third-order valence-electron chi connectivity index (χ3n) is 5.62. The van der Waals surface area contributed by atoms with E-state index in [4.69, 9.17) is 17.3 Å². The maximum Gasteiger partial charge on any atom is 0.338 e. The van der Waals surface area contributed by atoms with Crippen LogP contribution in [0, 0.1) is 11.6 Å². The largest absolute Gasteiger partial charge is 0.478 e. The lowest BCUT2D eigenvalue weighted by Crippen LogP contribution is -2.09. The second-order valence-electron chi connectivity index (χ2n) is 7.86. The number of carbonyl (C=O) groups is 1. The first-order valence-electron chi connectivity index (χ1n) is 10.4. The molecule has 1 aliphatic carbocycles. The minimum atomic E-state index is -1.34. The molecule has 5 rings (SSSR count). The Morgan fingerprint density at radius 1 is 1.24 bits per heavy atom. The van der Waals surface area contributed by atoms with Gasteiger partial charge in [-0.3, -0.25) is 4.68 Å². The van der Waals surface area contributed by atoms with Crippen LogP contribution in [0.3, 0.4) is 0 Å². The summed E-state index contributed by atoms with van der Waals surface area (Å²) in [6.45, 7) is 0.916. The zero-order valence-corrected chi connectivity index (χ0v) is 18.8. The molecule has 0 amide bonds. The molecule has 0 atom stereocenters. The molecule has 1 aliphatic rings.